The minimum atomic E-state index is -0.795. The Bertz CT molecular complexity index is 607. The lowest BCUT2D eigenvalue weighted by molar-refractivity contribution is 0.102. The van der Waals surface area contributed by atoms with E-state index in [2.05, 4.69) is 10.3 Å². The molecule has 0 atom stereocenters. The van der Waals surface area contributed by atoms with Crippen molar-refractivity contribution >= 4 is 17.4 Å². The standard InChI is InChI=1S/C14H13F2N3O/c1-19(2)13-4-3-12(8-17-13)18-14(20)9-5-10(15)7-11(16)6-9/h3-8H,1-2H3,(H,18,20). The second kappa shape index (κ2) is 5.64. The van der Waals surface area contributed by atoms with Crippen molar-refractivity contribution in [1.82, 2.24) is 4.98 Å². The van der Waals surface area contributed by atoms with Crippen molar-refractivity contribution < 1.29 is 13.6 Å². The second-order valence-electron chi connectivity index (χ2n) is 4.41. The highest BCUT2D eigenvalue weighted by Gasteiger charge is 2.10. The molecule has 1 aromatic heterocycles. The summed E-state index contributed by atoms with van der Waals surface area (Å²) in [7, 11) is 3.69. The van der Waals surface area contributed by atoms with E-state index in [9.17, 15) is 13.6 Å². The maximum atomic E-state index is 13.0. The quantitative estimate of drug-likeness (QED) is 0.938. The Balaban J connectivity index is 2.14. The maximum absolute atomic E-state index is 13.0. The normalized spacial score (nSPS) is 10.2. The molecule has 0 spiro atoms. The van der Waals surface area contributed by atoms with Gasteiger partial charge in [0.05, 0.1) is 11.9 Å². The Morgan fingerprint density at radius 2 is 1.80 bits per heavy atom. The third-order valence-corrected chi connectivity index (χ3v) is 2.59. The van der Waals surface area contributed by atoms with Crippen LogP contribution >= 0.6 is 0 Å². The average molecular weight is 277 g/mol. The zero-order chi connectivity index (χ0) is 14.7. The summed E-state index contributed by atoms with van der Waals surface area (Å²) < 4.78 is 26.1. The third-order valence-electron chi connectivity index (χ3n) is 2.59. The van der Waals surface area contributed by atoms with Crippen LogP contribution < -0.4 is 10.2 Å². The van der Waals surface area contributed by atoms with Crippen LogP contribution in [0.4, 0.5) is 20.3 Å². The first kappa shape index (κ1) is 13.9. The third kappa shape index (κ3) is 3.28. The Kier molecular flexibility index (Phi) is 3.93. The molecule has 6 heteroatoms. The van der Waals surface area contributed by atoms with E-state index >= 15 is 0 Å². The summed E-state index contributed by atoms with van der Waals surface area (Å²) in [4.78, 5) is 17.8. The first-order valence-corrected chi connectivity index (χ1v) is 5.86. The van der Waals surface area contributed by atoms with Gasteiger partial charge in [-0.1, -0.05) is 0 Å². The molecule has 104 valence electrons. The molecule has 1 aromatic carbocycles. The Hall–Kier alpha value is -2.50. The number of amides is 1. The summed E-state index contributed by atoms with van der Waals surface area (Å²) in [6, 6.07) is 6.04. The van der Waals surface area contributed by atoms with Gasteiger partial charge in [-0.2, -0.15) is 0 Å². The zero-order valence-electron chi connectivity index (χ0n) is 11.0. The van der Waals surface area contributed by atoms with Crippen molar-refractivity contribution in [2.45, 2.75) is 0 Å². The van der Waals surface area contributed by atoms with Gasteiger partial charge in [-0.05, 0) is 24.3 Å². The summed E-state index contributed by atoms with van der Waals surface area (Å²) in [6.07, 6.45) is 1.48. The van der Waals surface area contributed by atoms with Crippen molar-refractivity contribution in [3.63, 3.8) is 0 Å². The van der Waals surface area contributed by atoms with E-state index in [1.165, 1.54) is 6.20 Å². The van der Waals surface area contributed by atoms with Gasteiger partial charge in [0, 0.05) is 25.7 Å². The minimum Gasteiger partial charge on any atom is -0.363 e. The number of carbonyl (C=O) groups is 1. The first-order valence-electron chi connectivity index (χ1n) is 5.86. The molecule has 0 fully saturated rings. The fraction of sp³-hybridized carbons (Fsp3) is 0.143. The molecular formula is C14H13F2N3O. The number of halogens is 2. The summed E-state index contributed by atoms with van der Waals surface area (Å²) in [5, 5.41) is 2.53. The molecule has 1 heterocycles. The summed E-state index contributed by atoms with van der Waals surface area (Å²) in [5.41, 5.74) is 0.365. The van der Waals surface area contributed by atoms with Gasteiger partial charge in [0.25, 0.3) is 5.91 Å². The number of nitrogens with zero attached hydrogens (tertiary/aromatic N) is 2. The number of nitrogens with one attached hydrogen (secondary N) is 1. The maximum Gasteiger partial charge on any atom is 0.255 e. The lowest BCUT2D eigenvalue weighted by Gasteiger charge is -2.11. The summed E-state index contributed by atoms with van der Waals surface area (Å²) in [6.45, 7) is 0. The smallest absolute Gasteiger partial charge is 0.255 e. The van der Waals surface area contributed by atoms with Gasteiger partial charge in [-0.3, -0.25) is 4.79 Å². The number of hydrogen-bond acceptors (Lipinski definition) is 3. The molecule has 2 rings (SSSR count). The fourth-order valence-electron chi connectivity index (χ4n) is 1.61. The molecule has 0 aliphatic heterocycles. The number of pyridine rings is 1. The molecule has 1 N–H and O–H groups in total. The van der Waals surface area contributed by atoms with Crippen LogP contribution in [0.3, 0.4) is 0 Å². The molecule has 1 amide bonds. The van der Waals surface area contributed by atoms with Crippen LogP contribution in [0.2, 0.25) is 0 Å². The second-order valence-corrected chi connectivity index (χ2v) is 4.41. The highest BCUT2D eigenvalue weighted by atomic mass is 19.1. The molecule has 0 aliphatic carbocycles. The summed E-state index contributed by atoms with van der Waals surface area (Å²) >= 11 is 0. The highest BCUT2D eigenvalue weighted by Crippen LogP contribution is 2.14. The van der Waals surface area contributed by atoms with Crippen LogP contribution in [0.15, 0.2) is 36.5 Å². The van der Waals surface area contributed by atoms with E-state index in [4.69, 9.17) is 0 Å². The van der Waals surface area contributed by atoms with Gasteiger partial charge in [0.2, 0.25) is 0 Å². The highest BCUT2D eigenvalue weighted by molar-refractivity contribution is 6.04. The molecule has 0 aliphatic rings. The van der Waals surface area contributed by atoms with Crippen molar-refractivity contribution in [3.8, 4) is 0 Å². The van der Waals surface area contributed by atoms with E-state index < -0.39 is 17.5 Å². The molecule has 0 unspecified atom stereocenters. The molecule has 20 heavy (non-hydrogen) atoms. The van der Waals surface area contributed by atoms with Gasteiger partial charge in [-0.15, -0.1) is 0 Å². The van der Waals surface area contributed by atoms with E-state index in [0.29, 0.717) is 11.8 Å². The molecule has 0 bridgehead atoms. The molecule has 0 saturated heterocycles. The van der Waals surface area contributed by atoms with E-state index in [-0.39, 0.29) is 5.56 Å². The van der Waals surface area contributed by atoms with Gasteiger partial charge in [-0.25, -0.2) is 13.8 Å². The SMILES string of the molecule is CN(C)c1ccc(NC(=O)c2cc(F)cc(F)c2)cn1. The van der Waals surface area contributed by atoms with Crippen LogP contribution in [0, 0.1) is 11.6 Å². The van der Waals surface area contributed by atoms with Gasteiger partial charge < -0.3 is 10.2 Å². The van der Waals surface area contributed by atoms with Crippen molar-refractivity contribution in [2.24, 2.45) is 0 Å². The molecule has 0 saturated carbocycles. The van der Waals surface area contributed by atoms with Crippen molar-refractivity contribution in [3.05, 3.63) is 53.7 Å². The van der Waals surface area contributed by atoms with Crippen LogP contribution in [0.25, 0.3) is 0 Å². The number of benzene rings is 1. The largest absolute Gasteiger partial charge is 0.363 e. The lowest BCUT2D eigenvalue weighted by atomic mass is 10.2. The zero-order valence-corrected chi connectivity index (χ0v) is 11.0. The average Bonchev–Trinajstić information content (AvgIpc) is 2.38. The van der Waals surface area contributed by atoms with Crippen LogP contribution in [-0.2, 0) is 0 Å². The van der Waals surface area contributed by atoms with Crippen molar-refractivity contribution in [2.75, 3.05) is 24.3 Å². The predicted molar refractivity (Wildman–Crippen MR) is 72.9 cm³/mol. The number of anilines is 2. The molecular weight excluding hydrogens is 264 g/mol. The monoisotopic (exact) mass is 277 g/mol. The van der Waals surface area contributed by atoms with Gasteiger partial charge in [0.1, 0.15) is 17.5 Å². The number of hydrogen-bond donors (Lipinski definition) is 1. The first-order chi connectivity index (χ1) is 9.45. The lowest BCUT2D eigenvalue weighted by Crippen LogP contribution is -2.14. The fourth-order valence-corrected chi connectivity index (χ4v) is 1.61. The van der Waals surface area contributed by atoms with Crippen LogP contribution in [0.1, 0.15) is 10.4 Å². The molecule has 2 aromatic rings. The van der Waals surface area contributed by atoms with Crippen molar-refractivity contribution in [1.29, 1.82) is 0 Å². The van der Waals surface area contributed by atoms with Gasteiger partial charge in [0.15, 0.2) is 0 Å². The minimum absolute atomic E-state index is 0.0841. The Morgan fingerprint density at radius 1 is 1.15 bits per heavy atom. The number of aromatic nitrogens is 1. The van der Waals surface area contributed by atoms with Crippen LogP contribution in [-0.4, -0.2) is 25.0 Å². The van der Waals surface area contributed by atoms with E-state index in [1.807, 2.05) is 19.0 Å². The predicted octanol–water partition coefficient (Wildman–Crippen LogP) is 2.68. The number of rotatable bonds is 3. The van der Waals surface area contributed by atoms with Crippen LogP contribution in [0.5, 0.6) is 0 Å². The summed E-state index contributed by atoms with van der Waals surface area (Å²) in [5.74, 6) is -1.45. The Morgan fingerprint density at radius 3 is 2.30 bits per heavy atom. The topological polar surface area (TPSA) is 45.2 Å². The number of carbonyl (C=O) groups excluding carboxylic acids is 1. The van der Waals surface area contributed by atoms with Gasteiger partial charge >= 0.3 is 0 Å². The van der Waals surface area contributed by atoms with E-state index in [1.54, 1.807) is 12.1 Å². The van der Waals surface area contributed by atoms with E-state index in [0.717, 1.165) is 18.0 Å². The molecule has 4 nitrogen and oxygen atoms in total. The Labute approximate surface area is 115 Å². The molecule has 0 radical (unpaired) electrons.